The number of carbonyl (C=O) groups excluding carboxylic acids is 1. The molecule has 1 amide bonds. The molecular formula is C26H22Br2N4O3. The number of nitrogens with one attached hydrogen (secondary N) is 1. The van der Waals surface area contributed by atoms with E-state index in [1.165, 1.54) is 10.9 Å². The zero-order chi connectivity index (χ0) is 24.9. The molecule has 7 nitrogen and oxygen atoms in total. The summed E-state index contributed by atoms with van der Waals surface area (Å²) >= 11 is 6.86. The zero-order valence-corrected chi connectivity index (χ0v) is 22.3. The lowest BCUT2D eigenvalue weighted by atomic mass is 10.2. The van der Waals surface area contributed by atoms with Crippen molar-refractivity contribution in [1.82, 2.24) is 9.66 Å². The van der Waals surface area contributed by atoms with Gasteiger partial charge in [0.05, 0.1) is 17.1 Å². The summed E-state index contributed by atoms with van der Waals surface area (Å²) in [5.41, 5.74) is 2.66. The van der Waals surface area contributed by atoms with Gasteiger partial charge in [-0.3, -0.25) is 9.59 Å². The van der Waals surface area contributed by atoms with Crippen LogP contribution in [0.2, 0.25) is 0 Å². The number of ether oxygens (including phenoxy) is 1. The van der Waals surface area contributed by atoms with Gasteiger partial charge in [0.2, 0.25) is 0 Å². The van der Waals surface area contributed by atoms with E-state index in [0.29, 0.717) is 34.5 Å². The van der Waals surface area contributed by atoms with Gasteiger partial charge in [0.15, 0.2) is 6.61 Å². The van der Waals surface area contributed by atoms with Crippen LogP contribution in [0, 0.1) is 6.92 Å². The summed E-state index contributed by atoms with van der Waals surface area (Å²) in [7, 11) is 0. The van der Waals surface area contributed by atoms with E-state index in [4.69, 9.17) is 4.74 Å². The Morgan fingerprint density at radius 2 is 1.86 bits per heavy atom. The van der Waals surface area contributed by atoms with Crippen LogP contribution in [-0.2, 0) is 11.2 Å². The summed E-state index contributed by atoms with van der Waals surface area (Å²) in [5, 5.41) is 7.75. The highest BCUT2D eigenvalue weighted by atomic mass is 79.9. The molecule has 3 aromatic carbocycles. The van der Waals surface area contributed by atoms with E-state index < -0.39 is 0 Å². The predicted octanol–water partition coefficient (Wildman–Crippen LogP) is 5.69. The minimum Gasteiger partial charge on any atom is -0.483 e. The number of fused-ring (bicyclic) bond motifs is 1. The third-order valence-corrected chi connectivity index (χ3v) is 6.24. The maximum atomic E-state index is 13.1. The van der Waals surface area contributed by atoms with Gasteiger partial charge in [-0.25, -0.2) is 4.98 Å². The van der Waals surface area contributed by atoms with Crippen molar-refractivity contribution in [3.05, 3.63) is 96.9 Å². The fraction of sp³-hybridized carbons (Fsp3) is 0.154. The van der Waals surface area contributed by atoms with Crippen molar-refractivity contribution in [1.29, 1.82) is 0 Å². The molecule has 178 valence electrons. The third-order valence-electron chi connectivity index (χ3n) is 5.25. The van der Waals surface area contributed by atoms with Gasteiger partial charge in [-0.1, -0.05) is 57.0 Å². The number of anilines is 1. The minimum absolute atomic E-state index is 0.178. The number of nitrogens with zero attached hydrogens (tertiary/aromatic N) is 3. The number of rotatable bonds is 7. The van der Waals surface area contributed by atoms with Crippen LogP contribution in [0.25, 0.3) is 10.9 Å². The number of aromatic nitrogens is 2. The fourth-order valence-corrected chi connectivity index (χ4v) is 4.20. The molecule has 0 aliphatic heterocycles. The maximum absolute atomic E-state index is 13.1. The Morgan fingerprint density at radius 3 is 2.63 bits per heavy atom. The van der Waals surface area contributed by atoms with Gasteiger partial charge >= 0.3 is 0 Å². The first-order valence-electron chi connectivity index (χ1n) is 10.9. The summed E-state index contributed by atoms with van der Waals surface area (Å²) in [4.78, 5) is 30.2. The Kier molecular flexibility index (Phi) is 7.77. The summed E-state index contributed by atoms with van der Waals surface area (Å²) < 4.78 is 8.68. The largest absolute Gasteiger partial charge is 0.483 e. The number of halogens is 2. The predicted molar refractivity (Wildman–Crippen MR) is 146 cm³/mol. The molecule has 35 heavy (non-hydrogen) atoms. The number of carbonyl (C=O) groups is 1. The fourth-order valence-electron chi connectivity index (χ4n) is 3.46. The topological polar surface area (TPSA) is 85.6 Å². The molecule has 0 aliphatic carbocycles. The van der Waals surface area contributed by atoms with Gasteiger partial charge < -0.3 is 10.1 Å². The lowest BCUT2D eigenvalue weighted by Crippen LogP contribution is -2.22. The zero-order valence-electron chi connectivity index (χ0n) is 19.1. The first-order valence-corrected chi connectivity index (χ1v) is 12.5. The Hall–Kier alpha value is -3.30. The van der Waals surface area contributed by atoms with Crippen molar-refractivity contribution in [3.63, 3.8) is 0 Å². The Balaban J connectivity index is 1.60. The number of benzene rings is 3. The van der Waals surface area contributed by atoms with Crippen molar-refractivity contribution in [2.24, 2.45) is 5.10 Å². The van der Waals surface area contributed by atoms with Crippen molar-refractivity contribution in [3.8, 4) is 5.75 Å². The Labute approximate surface area is 219 Å². The number of hydrogen-bond donors (Lipinski definition) is 1. The molecule has 1 aromatic heterocycles. The lowest BCUT2D eigenvalue weighted by Gasteiger charge is -2.12. The number of para-hydroxylation sites is 1. The van der Waals surface area contributed by atoms with Gasteiger partial charge in [0, 0.05) is 26.6 Å². The smallest absolute Gasteiger partial charge is 0.282 e. The summed E-state index contributed by atoms with van der Waals surface area (Å²) in [6, 6.07) is 18.3. The van der Waals surface area contributed by atoms with Crippen LogP contribution < -0.4 is 15.6 Å². The molecule has 4 rings (SSSR count). The third kappa shape index (κ3) is 5.86. The average molecular weight is 598 g/mol. The maximum Gasteiger partial charge on any atom is 0.282 e. The normalized spacial score (nSPS) is 11.2. The first-order chi connectivity index (χ1) is 16.9. The van der Waals surface area contributed by atoms with Gasteiger partial charge in [-0.05, 0) is 55.0 Å². The van der Waals surface area contributed by atoms with E-state index in [1.807, 2.05) is 50.2 Å². The molecule has 0 radical (unpaired) electrons. The van der Waals surface area contributed by atoms with Crippen LogP contribution in [0.4, 0.5) is 5.69 Å². The molecule has 4 aromatic rings. The van der Waals surface area contributed by atoms with Crippen LogP contribution >= 0.6 is 31.9 Å². The van der Waals surface area contributed by atoms with Crippen LogP contribution in [-0.4, -0.2) is 28.4 Å². The van der Waals surface area contributed by atoms with E-state index in [0.717, 1.165) is 20.2 Å². The monoisotopic (exact) mass is 596 g/mol. The van der Waals surface area contributed by atoms with Crippen LogP contribution in [0.3, 0.4) is 0 Å². The van der Waals surface area contributed by atoms with Crippen molar-refractivity contribution in [2.45, 2.75) is 20.3 Å². The van der Waals surface area contributed by atoms with Crippen LogP contribution in [0.5, 0.6) is 5.75 Å². The molecule has 0 atom stereocenters. The second-order valence-corrected chi connectivity index (χ2v) is 9.57. The van der Waals surface area contributed by atoms with Gasteiger partial charge in [-0.2, -0.15) is 9.78 Å². The lowest BCUT2D eigenvalue weighted by molar-refractivity contribution is -0.118. The molecule has 0 fully saturated rings. The van der Waals surface area contributed by atoms with Crippen LogP contribution in [0.1, 0.15) is 23.9 Å². The van der Waals surface area contributed by atoms with Crippen molar-refractivity contribution in [2.75, 3.05) is 11.9 Å². The summed E-state index contributed by atoms with van der Waals surface area (Å²) in [6.45, 7) is 3.66. The molecule has 0 aliphatic rings. The molecule has 0 saturated carbocycles. The standard InChI is InChI=1S/C26H22Br2N4O3/c1-3-24-30-22-10-8-19(28)13-20(22)26(34)32(24)29-14-17-12-18(27)9-11-23(17)35-15-25(33)31-21-7-5-4-6-16(21)2/h4-14H,3,15H2,1-2H3,(H,31,33). The summed E-state index contributed by atoms with van der Waals surface area (Å²) in [6.07, 6.45) is 2.06. The van der Waals surface area contributed by atoms with E-state index in [1.54, 1.807) is 24.3 Å². The first kappa shape index (κ1) is 24.8. The second-order valence-electron chi connectivity index (χ2n) is 7.74. The Bertz CT molecular complexity index is 1500. The van der Waals surface area contributed by atoms with Gasteiger partial charge in [0.25, 0.3) is 11.5 Å². The molecule has 0 bridgehead atoms. The van der Waals surface area contributed by atoms with Gasteiger partial charge in [0.1, 0.15) is 11.6 Å². The molecule has 0 spiro atoms. The van der Waals surface area contributed by atoms with E-state index in [-0.39, 0.29) is 18.1 Å². The molecule has 0 unspecified atom stereocenters. The highest BCUT2D eigenvalue weighted by Gasteiger charge is 2.11. The van der Waals surface area contributed by atoms with Crippen molar-refractivity contribution >= 4 is 60.6 Å². The quantitative estimate of drug-likeness (QED) is 0.277. The van der Waals surface area contributed by atoms with E-state index >= 15 is 0 Å². The Morgan fingerprint density at radius 1 is 1.11 bits per heavy atom. The number of amides is 1. The van der Waals surface area contributed by atoms with Gasteiger partial charge in [-0.15, -0.1) is 0 Å². The molecule has 9 heteroatoms. The molecule has 1 N–H and O–H groups in total. The minimum atomic E-state index is -0.279. The van der Waals surface area contributed by atoms with E-state index in [2.05, 4.69) is 47.3 Å². The summed E-state index contributed by atoms with van der Waals surface area (Å²) in [5.74, 6) is 0.717. The molecule has 1 heterocycles. The average Bonchev–Trinajstić information content (AvgIpc) is 2.84. The number of aryl methyl sites for hydroxylation is 2. The molecular weight excluding hydrogens is 576 g/mol. The highest BCUT2D eigenvalue weighted by Crippen LogP contribution is 2.23. The second kappa shape index (κ2) is 11.0. The highest BCUT2D eigenvalue weighted by molar-refractivity contribution is 9.10. The molecule has 0 saturated heterocycles. The van der Waals surface area contributed by atoms with Crippen molar-refractivity contribution < 1.29 is 9.53 Å². The van der Waals surface area contributed by atoms with Crippen LogP contribution in [0.15, 0.2) is 79.5 Å². The van der Waals surface area contributed by atoms with E-state index in [9.17, 15) is 9.59 Å². The SMILES string of the molecule is CCc1nc2ccc(Br)cc2c(=O)n1N=Cc1cc(Br)ccc1OCC(=O)Nc1ccccc1C. The number of hydrogen-bond acceptors (Lipinski definition) is 5.